The molecule has 12 heteroatoms. The number of halogens is 1. The van der Waals surface area contributed by atoms with Crippen LogP contribution in [0.3, 0.4) is 0 Å². The van der Waals surface area contributed by atoms with Crippen LogP contribution in [0.5, 0.6) is 0 Å². The standard InChI is InChI=1S/C22H37FN8O3/c1-2-31(26)29-13-9-18(10-14-29)34-17-7-11-28(12-8-17)19-5-3-4-16(20(19)23)6-15-30(22(32)33)27-21(24)25/h3-5,17-18H,2,6-15,26H2,1H3,(H,32,33)(H4,24,25,27). The summed E-state index contributed by atoms with van der Waals surface area (Å²) in [5.74, 6) is 5.27. The highest BCUT2D eigenvalue weighted by atomic mass is 19.1. The first-order valence-corrected chi connectivity index (χ1v) is 11.8. The van der Waals surface area contributed by atoms with Gasteiger partial charge in [-0.3, -0.25) is 5.84 Å². The van der Waals surface area contributed by atoms with Crippen molar-refractivity contribution in [2.75, 3.05) is 44.2 Å². The molecule has 2 fully saturated rings. The number of hydrogen-bond donors (Lipinski definition) is 4. The number of amides is 1. The first-order valence-electron chi connectivity index (χ1n) is 11.8. The van der Waals surface area contributed by atoms with Crippen molar-refractivity contribution in [2.45, 2.75) is 51.2 Å². The lowest BCUT2D eigenvalue weighted by atomic mass is 10.0. The molecule has 1 aromatic rings. The van der Waals surface area contributed by atoms with Crippen LogP contribution in [0.1, 0.15) is 38.2 Å². The van der Waals surface area contributed by atoms with Crippen LogP contribution >= 0.6 is 0 Å². The van der Waals surface area contributed by atoms with Crippen LogP contribution in [0.25, 0.3) is 0 Å². The van der Waals surface area contributed by atoms with Crippen molar-refractivity contribution in [3.05, 3.63) is 29.6 Å². The molecule has 0 saturated carbocycles. The van der Waals surface area contributed by atoms with Crippen molar-refractivity contribution >= 4 is 17.7 Å². The Labute approximate surface area is 199 Å². The van der Waals surface area contributed by atoms with Gasteiger partial charge >= 0.3 is 6.09 Å². The predicted octanol–water partition coefficient (Wildman–Crippen LogP) is 1.10. The Morgan fingerprint density at radius 2 is 1.79 bits per heavy atom. The molecule has 0 atom stereocenters. The van der Waals surface area contributed by atoms with Crippen LogP contribution in [-0.4, -0.2) is 83.8 Å². The highest BCUT2D eigenvalue weighted by Crippen LogP contribution is 2.28. The number of hydrazine groups is 2. The topological polar surface area (TPSA) is 150 Å². The van der Waals surface area contributed by atoms with Gasteiger partial charge in [-0.25, -0.2) is 14.2 Å². The Balaban J connectivity index is 1.51. The lowest BCUT2D eigenvalue weighted by Gasteiger charge is -2.39. The highest BCUT2D eigenvalue weighted by Gasteiger charge is 2.28. The summed E-state index contributed by atoms with van der Waals surface area (Å²) in [6.45, 7) is 5.96. The second-order valence-corrected chi connectivity index (χ2v) is 8.66. The number of anilines is 1. The molecule has 0 radical (unpaired) electrons. The van der Waals surface area contributed by atoms with Gasteiger partial charge in [-0.1, -0.05) is 12.1 Å². The van der Waals surface area contributed by atoms with Crippen LogP contribution < -0.4 is 22.2 Å². The number of nitrogens with two attached hydrogens (primary N) is 3. The average molecular weight is 481 g/mol. The minimum Gasteiger partial charge on any atom is -0.464 e. The van der Waals surface area contributed by atoms with Crippen molar-refractivity contribution in [1.29, 1.82) is 0 Å². The largest absolute Gasteiger partial charge is 0.464 e. The highest BCUT2D eigenvalue weighted by molar-refractivity contribution is 5.77. The molecule has 0 spiro atoms. The van der Waals surface area contributed by atoms with Crippen molar-refractivity contribution in [2.24, 2.45) is 22.4 Å². The van der Waals surface area contributed by atoms with E-state index in [1.165, 1.54) is 0 Å². The monoisotopic (exact) mass is 480 g/mol. The normalized spacial score (nSPS) is 18.3. The zero-order chi connectivity index (χ0) is 24.7. The third kappa shape index (κ3) is 6.92. The van der Waals surface area contributed by atoms with Gasteiger partial charge in [0.25, 0.3) is 0 Å². The van der Waals surface area contributed by atoms with Crippen LogP contribution in [0, 0.1) is 5.82 Å². The summed E-state index contributed by atoms with van der Waals surface area (Å²) in [5.41, 5.74) is 11.5. The molecule has 0 aromatic heterocycles. The summed E-state index contributed by atoms with van der Waals surface area (Å²) in [6.07, 6.45) is 2.83. The third-order valence-electron chi connectivity index (χ3n) is 6.38. The van der Waals surface area contributed by atoms with Crippen molar-refractivity contribution in [3.63, 3.8) is 0 Å². The number of guanidine groups is 1. The molecular weight excluding hydrogens is 443 g/mol. The number of hydrogen-bond acceptors (Lipinski definition) is 7. The Kier molecular flexibility index (Phi) is 9.28. The fourth-order valence-electron chi connectivity index (χ4n) is 4.50. The summed E-state index contributed by atoms with van der Waals surface area (Å²) in [6, 6.07) is 5.19. The number of rotatable bonds is 9. The van der Waals surface area contributed by atoms with Gasteiger partial charge < -0.3 is 26.2 Å². The maximum absolute atomic E-state index is 15.2. The molecule has 0 bridgehead atoms. The Hall–Kier alpha value is -2.67. The van der Waals surface area contributed by atoms with Gasteiger partial charge in [0.1, 0.15) is 5.82 Å². The minimum atomic E-state index is -1.30. The number of carbonyl (C=O) groups is 1. The van der Waals surface area contributed by atoms with Crippen LogP contribution in [0.15, 0.2) is 23.3 Å². The molecule has 2 aliphatic heterocycles. The molecular formula is C22H37FN8O3. The quantitative estimate of drug-likeness (QED) is 0.176. The molecule has 190 valence electrons. The molecule has 3 rings (SSSR count). The lowest BCUT2D eigenvalue weighted by molar-refractivity contribution is -0.0993. The van der Waals surface area contributed by atoms with Crippen molar-refractivity contribution in [3.8, 4) is 0 Å². The first kappa shape index (κ1) is 25.9. The average Bonchev–Trinajstić information content (AvgIpc) is 2.82. The van der Waals surface area contributed by atoms with Gasteiger partial charge in [0.05, 0.1) is 24.4 Å². The predicted molar refractivity (Wildman–Crippen MR) is 128 cm³/mol. The number of nitrogens with zero attached hydrogens (tertiary/aromatic N) is 5. The van der Waals surface area contributed by atoms with Crippen molar-refractivity contribution in [1.82, 2.24) is 15.1 Å². The molecule has 7 N–H and O–H groups in total. The molecule has 0 unspecified atom stereocenters. The van der Waals surface area contributed by atoms with E-state index in [1.54, 1.807) is 23.3 Å². The first-order chi connectivity index (χ1) is 16.3. The van der Waals surface area contributed by atoms with E-state index in [1.807, 2.05) is 11.8 Å². The summed E-state index contributed by atoms with van der Waals surface area (Å²) < 4.78 is 21.6. The smallest absolute Gasteiger partial charge is 0.428 e. The second kappa shape index (κ2) is 12.2. The zero-order valence-electron chi connectivity index (χ0n) is 19.8. The van der Waals surface area contributed by atoms with Gasteiger partial charge in [-0.2, -0.15) is 10.1 Å². The summed E-state index contributed by atoms with van der Waals surface area (Å²) in [5, 5.41) is 17.4. The molecule has 2 aliphatic rings. The third-order valence-corrected chi connectivity index (χ3v) is 6.38. The maximum atomic E-state index is 15.2. The number of piperidine rings is 2. The molecule has 34 heavy (non-hydrogen) atoms. The summed E-state index contributed by atoms with van der Waals surface area (Å²) in [4.78, 5) is 13.3. The van der Waals surface area contributed by atoms with Gasteiger partial charge in [0.2, 0.25) is 5.96 Å². The number of hydrazone groups is 1. The number of carboxylic acid groups (broad SMARTS) is 1. The zero-order valence-corrected chi connectivity index (χ0v) is 19.8. The second-order valence-electron chi connectivity index (χ2n) is 8.66. The fourth-order valence-corrected chi connectivity index (χ4v) is 4.50. The Morgan fingerprint density at radius 1 is 1.18 bits per heavy atom. The molecule has 1 amide bonds. The van der Waals surface area contributed by atoms with E-state index in [9.17, 15) is 9.90 Å². The van der Waals surface area contributed by atoms with E-state index in [2.05, 4.69) is 10.1 Å². The van der Waals surface area contributed by atoms with Crippen LogP contribution in [0.2, 0.25) is 0 Å². The van der Waals surface area contributed by atoms with Gasteiger partial charge in [-0.15, -0.1) is 5.10 Å². The fraction of sp³-hybridized carbons (Fsp3) is 0.636. The Morgan fingerprint density at radius 3 is 2.35 bits per heavy atom. The van der Waals surface area contributed by atoms with E-state index >= 15 is 4.39 Å². The van der Waals surface area contributed by atoms with Gasteiger partial charge in [-0.05, 0) is 50.7 Å². The van der Waals surface area contributed by atoms with Crippen LogP contribution in [0.4, 0.5) is 14.9 Å². The van der Waals surface area contributed by atoms with E-state index in [0.717, 1.165) is 45.3 Å². The number of benzene rings is 1. The van der Waals surface area contributed by atoms with E-state index in [4.69, 9.17) is 22.0 Å². The van der Waals surface area contributed by atoms with E-state index in [0.29, 0.717) is 29.3 Å². The lowest BCUT2D eigenvalue weighted by Crippen LogP contribution is -2.52. The molecule has 2 saturated heterocycles. The summed E-state index contributed by atoms with van der Waals surface area (Å²) in [7, 11) is 0. The minimum absolute atomic E-state index is 0.0531. The SMILES string of the molecule is CCN(N)N1CCC(OC2CCN(c3cccc(CCN(N=C(N)N)C(=O)O)c3F)CC2)CC1. The molecule has 1 aromatic carbocycles. The molecule has 11 nitrogen and oxygen atoms in total. The van der Waals surface area contributed by atoms with Crippen LogP contribution in [-0.2, 0) is 11.2 Å². The van der Waals surface area contributed by atoms with Gasteiger partial charge in [0.15, 0.2) is 0 Å². The molecule has 2 heterocycles. The van der Waals surface area contributed by atoms with Crippen molar-refractivity contribution < 1.29 is 19.0 Å². The number of ether oxygens (including phenoxy) is 1. The van der Waals surface area contributed by atoms with Gasteiger partial charge in [0, 0.05) is 32.7 Å². The van der Waals surface area contributed by atoms with E-state index < -0.39 is 6.09 Å². The Bertz CT molecular complexity index is 837. The molecule has 0 aliphatic carbocycles. The van der Waals surface area contributed by atoms with E-state index in [-0.39, 0.29) is 37.0 Å². The summed E-state index contributed by atoms with van der Waals surface area (Å²) >= 11 is 0. The maximum Gasteiger partial charge on any atom is 0.428 e.